The highest BCUT2D eigenvalue weighted by atomic mass is 35.5. The van der Waals surface area contributed by atoms with Crippen LogP contribution in [0.4, 0.5) is 0 Å². The number of rotatable bonds is 4. The fourth-order valence-corrected chi connectivity index (χ4v) is 4.94. The Morgan fingerprint density at radius 1 is 1.20 bits per heavy atom. The van der Waals surface area contributed by atoms with E-state index < -0.39 is 6.04 Å². The van der Waals surface area contributed by atoms with Crippen molar-refractivity contribution < 1.29 is 9.53 Å². The number of aryl methyl sites for hydroxylation is 2. The Bertz CT molecular complexity index is 1140. The first-order chi connectivity index (χ1) is 14.3. The number of hydrogen-bond acceptors (Lipinski definition) is 6. The van der Waals surface area contributed by atoms with Crippen LogP contribution in [0.5, 0.6) is 0 Å². The number of aromatic nitrogens is 3. The maximum atomic E-state index is 12.5. The van der Waals surface area contributed by atoms with Crippen molar-refractivity contribution in [1.82, 2.24) is 14.8 Å². The fraction of sp³-hybridized carbons (Fsp3) is 0.364. The van der Waals surface area contributed by atoms with Crippen molar-refractivity contribution in [3.05, 3.63) is 62.5 Å². The van der Waals surface area contributed by atoms with Gasteiger partial charge < -0.3 is 4.74 Å². The minimum absolute atomic E-state index is 0.0976. The number of hydrogen-bond donors (Lipinski definition) is 0. The normalized spacial score (nSPS) is 15.4. The monoisotopic (exact) mass is 442 g/mol. The molecule has 0 unspecified atom stereocenters. The molecule has 1 atom stereocenters. The zero-order valence-electron chi connectivity index (χ0n) is 17.6. The van der Waals surface area contributed by atoms with Gasteiger partial charge >= 0.3 is 5.97 Å². The van der Waals surface area contributed by atoms with Gasteiger partial charge in [0.2, 0.25) is 0 Å². The van der Waals surface area contributed by atoms with E-state index in [9.17, 15) is 4.79 Å². The molecule has 0 spiro atoms. The quantitative estimate of drug-likeness (QED) is 0.524. The minimum Gasteiger partial charge on any atom is -0.463 e. The number of ether oxygens (including phenoxy) is 1. The first-order valence-electron chi connectivity index (χ1n) is 9.82. The molecule has 0 saturated carbocycles. The summed E-state index contributed by atoms with van der Waals surface area (Å²) >= 11 is 7.80. The van der Waals surface area contributed by atoms with E-state index in [4.69, 9.17) is 21.3 Å². The number of thiophene rings is 1. The van der Waals surface area contributed by atoms with E-state index in [1.165, 1.54) is 4.88 Å². The lowest BCUT2D eigenvalue weighted by molar-refractivity contribution is -0.147. The lowest BCUT2D eigenvalue weighted by Crippen LogP contribution is -2.16. The van der Waals surface area contributed by atoms with E-state index in [0.29, 0.717) is 10.8 Å². The van der Waals surface area contributed by atoms with Crippen LogP contribution in [0.2, 0.25) is 5.02 Å². The first-order valence-corrected chi connectivity index (χ1v) is 11.0. The summed E-state index contributed by atoms with van der Waals surface area (Å²) in [6.45, 7) is 9.79. The Morgan fingerprint density at radius 2 is 1.90 bits per heavy atom. The highest BCUT2D eigenvalue weighted by molar-refractivity contribution is 7.15. The Kier molecular flexibility index (Phi) is 5.51. The number of nitrogens with zero attached hydrogens (tertiary/aromatic N) is 4. The van der Waals surface area contributed by atoms with E-state index in [1.807, 2.05) is 49.6 Å². The van der Waals surface area contributed by atoms with Gasteiger partial charge in [0.25, 0.3) is 0 Å². The van der Waals surface area contributed by atoms with Crippen molar-refractivity contribution in [2.75, 3.05) is 0 Å². The lowest BCUT2D eigenvalue weighted by Gasteiger charge is -2.14. The summed E-state index contributed by atoms with van der Waals surface area (Å²) in [6, 6.07) is 7.13. The SMILES string of the molecule is Cc1sc2c(c1C)C(c1ccc(Cl)cc1)=N[C@H](CC(=O)OC(C)C)c1nnc(C)n1-2. The number of carbonyl (C=O) groups excluding carboxylic acids is 1. The Morgan fingerprint density at radius 3 is 2.57 bits per heavy atom. The third-order valence-electron chi connectivity index (χ3n) is 5.08. The van der Waals surface area contributed by atoms with E-state index >= 15 is 0 Å². The lowest BCUT2D eigenvalue weighted by atomic mass is 9.99. The molecule has 0 saturated heterocycles. The molecule has 4 rings (SSSR count). The molecule has 3 aromatic rings. The summed E-state index contributed by atoms with van der Waals surface area (Å²) in [5.74, 6) is 1.11. The Labute approximate surface area is 184 Å². The molecule has 156 valence electrons. The molecular weight excluding hydrogens is 420 g/mol. The molecule has 0 aliphatic carbocycles. The molecule has 1 aliphatic rings. The zero-order valence-corrected chi connectivity index (χ0v) is 19.1. The summed E-state index contributed by atoms with van der Waals surface area (Å²) in [5.41, 5.74) is 3.98. The molecule has 0 bridgehead atoms. The molecule has 0 fully saturated rings. The summed E-state index contributed by atoms with van der Waals surface area (Å²) in [4.78, 5) is 18.8. The van der Waals surface area contributed by atoms with E-state index in [2.05, 4.69) is 24.0 Å². The van der Waals surface area contributed by atoms with Crippen LogP contribution >= 0.6 is 22.9 Å². The number of aliphatic imine (C=N–C) groups is 1. The van der Waals surface area contributed by atoms with Crippen molar-refractivity contribution in [3.8, 4) is 5.00 Å². The maximum Gasteiger partial charge on any atom is 0.308 e. The molecule has 2 aromatic heterocycles. The van der Waals surface area contributed by atoms with Gasteiger partial charge in [-0.15, -0.1) is 21.5 Å². The third kappa shape index (κ3) is 3.68. The molecule has 30 heavy (non-hydrogen) atoms. The average molecular weight is 443 g/mol. The van der Waals surface area contributed by atoms with Gasteiger partial charge in [-0.2, -0.15) is 0 Å². The highest BCUT2D eigenvalue weighted by Crippen LogP contribution is 2.39. The van der Waals surface area contributed by atoms with Crippen LogP contribution in [0, 0.1) is 20.8 Å². The van der Waals surface area contributed by atoms with E-state index in [-0.39, 0.29) is 18.5 Å². The number of halogens is 1. The molecule has 0 amide bonds. The fourth-order valence-electron chi connectivity index (χ4n) is 3.60. The largest absolute Gasteiger partial charge is 0.463 e. The van der Waals surface area contributed by atoms with Gasteiger partial charge in [-0.3, -0.25) is 14.4 Å². The summed E-state index contributed by atoms with van der Waals surface area (Å²) in [6.07, 6.45) is -0.0884. The second-order valence-electron chi connectivity index (χ2n) is 7.65. The van der Waals surface area contributed by atoms with E-state index in [0.717, 1.165) is 33.2 Å². The van der Waals surface area contributed by atoms with Crippen LogP contribution in [0.15, 0.2) is 29.3 Å². The van der Waals surface area contributed by atoms with E-state index in [1.54, 1.807) is 11.3 Å². The Hall–Kier alpha value is -2.51. The summed E-state index contributed by atoms with van der Waals surface area (Å²) in [5, 5.41) is 10.4. The number of carbonyl (C=O) groups is 1. The van der Waals surface area contributed by atoms with Crippen molar-refractivity contribution in [3.63, 3.8) is 0 Å². The van der Waals surface area contributed by atoms with Crippen molar-refractivity contribution in [1.29, 1.82) is 0 Å². The van der Waals surface area contributed by atoms with Gasteiger partial charge in [0.1, 0.15) is 16.9 Å². The van der Waals surface area contributed by atoms with Crippen LogP contribution in [-0.2, 0) is 9.53 Å². The van der Waals surface area contributed by atoms with Crippen molar-refractivity contribution >= 4 is 34.6 Å². The topological polar surface area (TPSA) is 69.4 Å². The van der Waals surface area contributed by atoms with Gasteiger partial charge in [-0.1, -0.05) is 23.7 Å². The first kappa shape index (κ1) is 20.8. The molecule has 1 aromatic carbocycles. The van der Waals surface area contributed by atoms with Gasteiger partial charge in [0.15, 0.2) is 5.82 Å². The second kappa shape index (κ2) is 7.96. The Balaban J connectivity index is 1.93. The molecule has 1 aliphatic heterocycles. The van der Waals surface area contributed by atoms with Crippen LogP contribution < -0.4 is 0 Å². The molecule has 8 heteroatoms. The van der Waals surface area contributed by atoms with Crippen molar-refractivity contribution in [2.24, 2.45) is 4.99 Å². The highest BCUT2D eigenvalue weighted by Gasteiger charge is 2.32. The van der Waals surface area contributed by atoms with Crippen LogP contribution in [0.3, 0.4) is 0 Å². The van der Waals surface area contributed by atoms with Crippen LogP contribution in [-0.4, -0.2) is 32.5 Å². The van der Waals surface area contributed by atoms with Gasteiger partial charge in [-0.05, 0) is 52.3 Å². The summed E-state index contributed by atoms with van der Waals surface area (Å²) < 4.78 is 7.42. The zero-order chi connectivity index (χ0) is 21.6. The number of esters is 1. The smallest absolute Gasteiger partial charge is 0.308 e. The number of benzene rings is 1. The molecule has 0 N–H and O–H groups in total. The van der Waals surface area contributed by atoms with Crippen LogP contribution in [0.25, 0.3) is 5.00 Å². The summed E-state index contributed by atoms with van der Waals surface area (Å²) in [7, 11) is 0. The third-order valence-corrected chi connectivity index (χ3v) is 6.53. The van der Waals surface area contributed by atoms with Gasteiger partial charge in [0.05, 0.1) is 18.2 Å². The second-order valence-corrected chi connectivity index (χ2v) is 9.29. The van der Waals surface area contributed by atoms with Crippen LogP contribution in [0.1, 0.15) is 59.5 Å². The number of fused-ring (bicyclic) bond motifs is 3. The average Bonchev–Trinajstić information content (AvgIpc) is 3.14. The van der Waals surface area contributed by atoms with Crippen molar-refractivity contribution in [2.45, 2.75) is 53.2 Å². The predicted molar refractivity (Wildman–Crippen MR) is 119 cm³/mol. The van der Waals surface area contributed by atoms with Gasteiger partial charge in [-0.25, -0.2) is 0 Å². The predicted octanol–water partition coefficient (Wildman–Crippen LogP) is 5.14. The molecule has 6 nitrogen and oxygen atoms in total. The minimum atomic E-state index is -0.498. The molecule has 0 radical (unpaired) electrons. The molecule has 3 heterocycles. The molecular formula is C22H23ClN4O2S. The standard InChI is InChI=1S/C22H23ClN4O2S/c1-11(2)29-18(28)10-17-21-26-25-14(5)27(21)22-19(12(3)13(4)30-22)20(24-17)15-6-8-16(23)9-7-15/h6-9,11,17H,10H2,1-5H3/t17-/m1/s1. The van der Waals surface area contributed by atoms with Gasteiger partial charge in [0, 0.05) is 21.0 Å². The maximum absolute atomic E-state index is 12.5.